The van der Waals surface area contributed by atoms with E-state index in [4.69, 9.17) is 0 Å². The zero-order valence-electron chi connectivity index (χ0n) is 15.4. The number of fused-ring (bicyclic) bond motifs is 2. The van der Waals surface area contributed by atoms with Crippen LogP contribution in [-0.4, -0.2) is 24.0 Å². The molecule has 1 amide bonds. The summed E-state index contributed by atoms with van der Waals surface area (Å²) in [5.74, 6) is -0.338. The van der Waals surface area contributed by atoms with E-state index in [-0.39, 0.29) is 10.7 Å². The molecule has 4 rings (SSSR count). The van der Waals surface area contributed by atoms with Crippen LogP contribution >= 0.6 is 11.3 Å². The summed E-state index contributed by atoms with van der Waals surface area (Å²) in [6, 6.07) is 8.15. The van der Waals surface area contributed by atoms with Crippen LogP contribution in [0.5, 0.6) is 0 Å². The van der Waals surface area contributed by atoms with E-state index in [1.807, 2.05) is 18.2 Å². The van der Waals surface area contributed by atoms with Crippen LogP contribution in [0.25, 0.3) is 10.2 Å². The van der Waals surface area contributed by atoms with Crippen LogP contribution in [0, 0.1) is 6.92 Å². The molecule has 3 heterocycles. The molecule has 0 unspecified atom stereocenters. The summed E-state index contributed by atoms with van der Waals surface area (Å²) in [6.45, 7) is 5.67. The molecule has 0 bridgehead atoms. The molecule has 0 fully saturated rings. The molecule has 1 aromatic carbocycles. The lowest BCUT2D eigenvalue weighted by atomic mass is 10.1. The van der Waals surface area contributed by atoms with Gasteiger partial charge in [-0.2, -0.15) is 13.2 Å². The highest BCUT2D eigenvalue weighted by molar-refractivity contribution is 7.20. The molecule has 1 aliphatic rings. The van der Waals surface area contributed by atoms with Gasteiger partial charge in [-0.05, 0) is 55.7 Å². The number of thiophene rings is 1. The number of amides is 1. The normalized spacial score (nSPS) is 13.8. The molecule has 3 aromatic rings. The van der Waals surface area contributed by atoms with Gasteiger partial charge in [0.15, 0.2) is 0 Å². The van der Waals surface area contributed by atoms with Crippen LogP contribution in [0.3, 0.4) is 0 Å². The van der Waals surface area contributed by atoms with Crippen molar-refractivity contribution in [2.45, 2.75) is 26.4 Å². The summed E-state index contributed by atoms with van der Waals surface area (Å²) in [4.78, 5) is 19.3. The monoisotopic (exact) mass is 405 g/mol. The van der Waals surface area contributed by atoms with Crippen molar-refractivity contribution in [1.82, 2.24) is 4.98 Å². The fourth-order valence-corrected chi connectivity index (χ4v) is 4.59. The number of likely N-dealkylation sites (N-methyl/N-ethyl adjacent to an activating group) is 1. The fraction of sp³-hybridized carbons (Fsp3) is 0.300. The van der Waals surface area contributed by atoms with Crippen molar-refractivity contribution in [3.63, 3.8) is 0 Å². The van der Waals surface area contributed by atoms with Gasteiger partial charge in [-0.1, -0.05) is 6.07 Å². The first kappa shape index (κ1) is 18.7. The Bertz CT molecular complexity index is 1070. The lowest BCUT2D eigenvalue weighted by Crippen LogP contribution is -2.19. The van der Waals surface area contributed by atoms with Gasteiger partial charge in [0.05, 0.1) is 4.88 Å². The summed E-state index contributed by atoms with van der Waals surface area (Å²) in [5, 5.41) is 3.44. The van der Waals surface area contributed by atoms with Gasteiger partial charge in [0.1, 0.15) is 10.5 Å². The number of hydrogen-bond acceptors (Lipinski definition) is 4. The largest absolute Gasteiger partial charge is 0.433 e. The molecule has 1 N–H and O–H groups in total. The van der Waals surface area contributed by atoms with Gasteiger partial charge in [0.25, 0.3) is 5.91 Å². The number of alkyl halides is 3. The van der Waals surface area contributed by atoms with E-state index in [0.717, 1.165) is 42.6 Å². The quantitative estimate of drug-likeness (QED) is 0.647. The van der Waals surface area contributed by atoms with E-state index in [9.17, 15) is 18.0 Å². The van der Waals surface area contributed by atoms with Crippen molar-refractivity contribution < 1.29 is 18.0 Å². The van der Waals surface area contributed by atoms with Crippen LogP contribution < -0.4 is 10.2 Å². The smallest absolute Gasteiger partial charge is 0.371 e. The lowest BCUT2D eigenvalue weighted by Gasteiger charge is -2.17. The molecule has 1 aliphatic heterocycles. The number of pyridine rings is 1. The van der Waals surface area contributed by atoms with Crippen LogP contribution in [0.4, 0.5) is 24.5 Å². The molecule has 2 aromatic heterocycles. The Labute approximate surface area is 164 Å². The maximum Gasteiger partial charge on any atom is 0.433 e. The fourth-order valence-electron chi connectivity index (χ4n) is 3.51. The first-order valence-electron chi connectivity index (χ1n) is 8.94. The standard InChI is InChI=1S/C20H18F3N3OS/c1-3-26-9-8-12-4-5-13(10-15(12)26)24-18(27)17-11(2)14-6-7-16(20(21,22)23)25-19(14)28-17/h4-7,10H,3,8-9H2,1-2H3,(H,24,27). The zero-order valence-corrected chi connectivity index (χ0v) is 16.2. The van der Waals surface area contributed by atoms with Crippen molar-refractivity contribution in [3.8, 4) is 0 Å². The van der Waals surface area contributed by atoms with Crippen LogP contribution in [0.2, 0.25) is 0 Å². The highest BCUT2D eigenvalue weighted by Crippen LogP contribution is 2.35. The Morgan fingerprint density at radius 1 is 1.29 bits per heavy atom. The van der Waals surface area contributed by atoms with Gasteiger partial charge < -0.3 is 10.2 Å². The summed E-state index contributed by atoms with van der Waals surface area (Å²) < 4.78 is 38.7. The van der Waals surface area contributed by atoms with Crippen molar-refractivity contribution in [2.24, 2.45) is 0 Å². The number of carbonyl (C=O) groups excluding carboxylic acids is 1. The minimum atomic E-state index is -4.51. The molecule has 28 heavy (non-hydrogen) atoms. The average molecular weight is 405 g/mol. The maximum absolute atomic E-state index is 12.9. The Morgan fingerprint density at radius 3 is 2.79 bits per heavy atom. The average Bonchev–Trinajstić information content (AvgIpc) is 3.21. The molecule has 8 heteroatoms. The second-order valence-corrected chi connectivity index (χ2v) is 7.73. The molecular weight excluding hydrogens is 387 g/mol. The van der Waals surface area contributed by atoms with Crippen molar-refractivity contribution in [1.29, 1.82) is 0 Å². The van der Waals surface area contributed by atoms with Gasteiger partial charge in [-0.3, -0.25) is 4.79 Å². The highest BCUT2D eigenvalue weighted by Gasteiger charge is 2.33. The number of hydrogen-bond donors (Lipinski definition) is 1. The van der Waals surface area contributed by atoms with Crippen LogP contribution in [-0.2, 0) is 12.6 Å². The van der Waals surface area contributed by atoms with Gasteiger partial charge in [0.2, 0.25) is 0 Å². The number of anilines is 2. The number of halogens is 3. The highest BCUT2D eigenvalue weighted by atomic mass is 32.1. The SMILES string of the molecule is CCN1CCc2ccc(NC(=O)c3sc4nc(C(F)(F)F)ccc4c3C)cc21. The Morgan fingerprint density at radius 2 is 2.07 bits per heavy atom. The third kappa shape index (κ3) is 3.22. The first-order chi connectivity index (χ1) is 13.3. The van der Waals surface area contributed by atoms with Gasteiger partial charge in [-0.25, -0.2) is 4.98 Å². The number of nitrogens with zero attached hydrogens (tertiary/aromatic N) is 2. The minimum Gasteiger partial charge on any atom is -0.371 e. The van der Waals surface area contributed by atoms with Gasteiger partial charge in [-0.15, -0.1) is 11.3 Å². The third-order valence-electron chi connectivity index (χ3n) is 5.02. The predicted octanol–water partition coefficient (Wildman–Crippen LogP) is 5.26. The van der Waals surface area contributed by atoms with Crippen LogP contribution in [0.1, 0.15) is 33.4 Å². The molecular formula is C20H18F3N3OS. The Kier molecular flexibility index (Phi) is 4.53. The number of benzene rings is 1. The minimum absolute atomic E-state index is 0.212. The Hall–Kier alpha value is -2.61. The number of aromatic nitrogens is 1. The van der Waals surface area contributed by atoms with Gasteiger partial charge in [0, 0.05) is 29.9 Å². The number of carbonyl (C=O) groups is 1. The van der Waals surface area contributed by atoms with E-state index in [1.54, 1.807) is 6.92 Å². The predicted molar refractivity (Wildman–Crippen MR) is 105 cm³/mol. The van der Waals surface area contributed by atoms with E-state index in [1.165, 1.54) is 11.6 Å². The Balaban J connectivity index is 1.64. The van der Waals surface area contributed by atoms with E-state index in [0.29, 0.717) is 21.5 Å². The summed E-state index contributed by atoms with van der Waals surface area (Å²) in [7, 11) is 0. The van der Waals surface area contributed by atoms with Gasteiger partial charge >= 0.3 is 6.18 Å². The molecule has 0 spiro atoms. The molecule has 0 aliphatic carbocycles. The number of rotatable bonds is 3. The molecule has 0 saturated heterocycles. The first-order valence-corrected chi connectivity index (χ1v) is 9.76. The molecule has 4 nitrogen and oxygen atoms in total. The lowest BCUT2D eigenvalue weighted by molar-refractivity contribution is -0.140. The zero-order chi connectivity index (χ0) is 20.1. The third-order valence-corrected chi connectivity index (χ3v) is 6.22. The second kappa shape index (κ2) is 6.77. The summed E-state index contributed by atoms with van der Waals surface area (Å²) in [5.41, 5.74) is 2.72. The van der Waals surface area contributed by atoms with Crippen molar-refractivity contribution >= 4 is 38.8 Å². The van der Waals surface area contributed by atoms with Crippen molar-refractivity contribution in [3.05, 3.63) is 52.0 Å². The molecule has 146 valence electrons. The number of aryl methyl sites for hydroxylation is 1. The molecule has 0 radical (unpaired) electrons. The van der Waals surface area contributed by atoms with Crippen molar-refractivity contribution in [2.75, 3.05) is 23.3 Å². The van der Waals surface area contributed by atoms with Crippen LogP contribution in [0.15, 0.2) is 30.3 Å². The summed E-state index contributed by atoms with van der Waals surface area (Å²) in [6.07, 6.45) is -3.52. The summed E-state index contributed by atoms with van der Waals surface area (Å²) >= 11 is 0.978. The van der Waals surface area contributed by atoms with E-state index < -0.39 is 11.9 Å². The molecule has 0 saturated carbocycles. The topological polar surface area (TPSA) is 45.2 Å². The number of nitrogens with one attached hydrogen (secondary N) is 1. The van der Waals surface area contributed by atoms with E-state index >= 15 is 0 Å². The maximum atomic E-state index is 12.9. The molecule has 0 atom stereocenters. The van der Waals surface area contributed by atoms with E-state index in [2.05, 4.69) is 22.1 Å². The second-order valence-electron chi connectivity index (χ2n) is 6.73.